The first-order chi connectivity index (χ1) is 19.1. The second-order valence-corrected chi connectivity index (χ2v) is 9.09. The lowest BCUT2D eigenvalue weighted by Gasteiger charge is -2.26. The largest absolute Gasteiger partial charge is 0.449 e. The zero-order chi connectivity index (χ0) is 26.8. The minimum absolute atomic E-state index is 0.330. The molecule has 1 heterocycles. The molecule has 0 N–H and O–H groups in total. The second kappa shape index (κ2) is 10.3. The number of anilines is 2. The smallest absolute Gasteiger partial charge is 0.339 e. The van der Waals surface area contributed by atoms with Crippen molar-refractivity contribution in [3.63, 3.8) is 0 Å². The van der Waals surface area contributed by atoms with E-state index in [1.807, 2.05) is 109 Å². The molecule has 0 aliphatic carbocycles. The SMILES string of the molecule is CC(OC(=O)c1cccc2cccc(-c3nc4ccccc4o3)c12)C(=O)N(c1ccccc1)c1ccccc1. The number of hydrogen-bond acceptors (Lipinski definition) is 5. The summed E-state index contributed by atoms with van der Waals surface area (Å²) in [6.07, 6.45) is -1.05. The highest BCUT2D eigenvalue weighted by Gasteiger charge is 2.28. The lowest BCUT2D eigenvalue weighted by molar-refractivity contribution is -0.125. The quantitative estimate of drug-likeness (QED) is 0.215. The number of aromatic nitrogens is 1. The number of para-hydroxylation sites is 4. The summed E-state index contributed by atoms with van der Waals surface area (Å²) in [6, 6.07) is 37.2. The zero-order valence-corrected chi connectivity index (χ0v) is 21.2. The standard InChI is InChI=1S/C33H24N2O4/c1-22(32(36)35(24-14-4-2-5-15-24)25-16-6-3-7-17-25)38-33(37)27-19-11-13-23-12-10-18-26(30(23)27)31-34-28-20-8-9-21-29(28)39-31/h2-22H,1H3. The number of ether oxygens (including phenoxy) is 1. The molecule has 6 aromatic rings. The highest BCUT2D eigenvalue weighted by Crippen LogP contribution is 2.33. The number of rotatable bonds is 6. The summed E-state index contributed by atoms with van der Waals surface area (Å²) in [7, 11) is 0. The van der Waals surface area contributed by atoms with Crippen molar-refractivity contribution in [2.24, 2.45) is 0 Å². The summed E-state index contributed by atoms with van der Waals surface area (Å²) in [5.41, 5.74) is 3.75. The van der Waals surface area contributed by atoms with Gasteiger partial charge in [0.1, 0.15) is 5.52 Å². The van der Waals surface area contributed by atoms with E-state index in [-0.39, 0.29) is 5.91 Å². The maximum absolute atomic E-state index is 13.7. The molecule has 6 rings (SSSR count). The van der Waals surface area contributed by atoms with Crippen LogP contribution in [0, 0.1) is 0 Å². The fourth-order valence-corrected chi connectivity index (χ4v) is 4.69. The normalized spacial score (nSPS) is 11.8. The molecule has 1 unspecified atom stereocenters. The van der Waals surface area contributed by atoms with Gasteiger partial charge in [-0.15, -0.1) is 0 Å². The number of esters is 1. The number of benzene rings is 5. The van der Waals surface area contributed by atoms with E-state index in [9.17, 15) is 9.59 Å². The predicted octanol–water partition coefficient (Wildman–Crippen LogP) is 7.56. The van der Waals surface area contributed by atoms with Crippen LogP contribution in [0.1, 0.15) is 17.3 Å². The Hall–Kier alpha value is -5.23. The molecule has 1 atom stereocenters. The van der Waals surface area contributed by atoms with Gasteiger partial charge in [0.05, 0.1) is 5.56 Å². The van der Waals surface area contributed by atoms with Gasteiger partial charge < -0.3 is 9.15 Å². The molecule has 6 heteroatoms. The van der Waals surface area contributed by atoms with E-state index in [1.54, 1.807) is 24.0 Å². The molecule has 0 saturated carbocycles. The Bertz CT molecular complexity index is 1720. The van der Waals surface area contributed by atoms with Crippen molar-refractivity contribution < 1.29 is 18.7 Å². The molecule has 0 saturated heterocycles. The first-order valence-corrected chi connectivity index (χ1v) is 12.6. The first-order valence-electron chi connectivity index (χ1n) is 12.6. The Morgan fingerprint density at radius 3 is 2.03 bits per heavy atom. The number of hydrogen-bond donors (Lipinski definition) is 0. The highest BCUT2D eigenvalue weighted by atomic mass is 16.5. The summed E-state index contributed by atoms with van der Waals surface area (Å²) >= 11 is 0. The van der Waals surface area contributed by atoms with Crippen molar-refractivity contribution in [2.75, 3.05) is 4.90 Å². The summed E-state index contributed by atoms with van der Waals surface area (Å²) in [4.78, 5) is 33.5. The monoisotopic (exact) mass is 512 g/mol. The van der Waals surface area contributed by atoms with Gasteiger partial charge in [-0.3, -0.25) is 9.69 Å². The molecule has 0 bridgehead atoms. The molecule has 39 heavy (non-hydrogen) atoms. The molecule has 0 fully saturated rings. The third kappa shape index (κ3) is 4.64. The fourth-order valence-electron chi connectivity index (χ4n) is 4.69. The van der Waals surface area contributed by atoms with Gasteiger partial charge in [0.25, 0.3) is 5.91 Å². The van der Waals surface area contributed by atoms with Crippen LogP contribution in [0.15, 0.2) is 126 Å². The molecular formula is C33H24N2O4. The summed E-state index contributed by atoms with van der Waals surface area (Å²) < 4.78 is 11.8. The number of carbonyl (C=O) groups excluding carboxylic acids is 2. The Morgan fingerprint density at radius 1 is 0.744 bits per heavy atom. The lowest BCUT2D eigenvalue weighted by Crippen LogP contribution is -2.37. The van der Waals surface area contributed by atoms with Gasteiger partial charge in [-0.1, -0.05) is 72.8 Å². The molecule has 0 aliphatic rings. The van der Waals surface area contributed by atoms with Crippen LogP contribution in [0.4, 0.5) is 11.4 Å². The van der Waals surface area contributed by atoms with Gasteiger partial charge in [0.15, 0.2) is 11.7 Å². The molecule has 5 aromatic carbocycles. The first kappa shape index (κ1) is 24.1. The molecule has 0 spiro atoms. The topological polar surface area (TPSA) is 72.6 Å². The molecule has 1 aromatic heterocycles. The van der Waals surface area contributed by atoms with E-state index in [4.69, 9.17) is 9.15 Å². The maximum atomic E-state index is 13.7. The zero-order valence-electron chi connectivity index (χ0n) is 21.2. The molecule has 0 aliphatic heterocycles. The fraction of sp³-hybridized carbons (Fsp3) is 0.0606. The third-order valence-corrected chi connectivity index (χ3v) is 6.53. The van der Waals surface area contributed by atoms with Gasteiger partial charge in [0.2, 0.25) is 5.89 Å². The van der Waals surface area contributed by atoms with E-state index >= 15 is 0 Å². The van der Waals surface area contributed by atoms with E-state index in [0.717, 1.165) is 10.9 Å². The van der Waals surface area contributed by atoms with E-state index in [1.165, 1.54) is 0 Å². The van der Waals surface area contributed by atoms with Crippen LogP contribution in [0.2, 0.25) is 0 Å². The Labute approximate surface area is 225 Å². The van der Waals surface area contributed by atoms with Crippen LogP contribution in [0.3, 0.4) is 0 Å². The predicted molar refractivity (Wildman–Crippen MR) is 152 cm³/mol. The maximum Gasteiger partial charge on any atom is 0.339 e. The summed E-state index contributed by atoms with van der Waals surface area (Å²) in [5.74, 6) is -0.559. The van der Waals surface area contributed by atoms with Gasteiger partial charge in [-0.25, -0.2) is 9.78 Å². The van der Waals surface area contributed by atoms with Crippen molar-refractivity contribution in [3.05, 3.63) is 127 Å². The van der Waals surface area contributed by atoms with Crippen molar-refractivity contribution in [2.45, 2.75) is 13.0 Å². The Balaban J connectivity index is 1.35. The third-order valence-electron chi connectivity index (χ3n) is 6.53. The van der Waals surface area contributed by atoms with Crippen LogP contribution in [-0.2, 0) is 9.53 Å². The van der Waals surface area contributed by atoms with Crippen molar-refractivity contribution in [1.82, 2.24) is 4.98 Å². The lowest BCUT2D eigenvalue weighted by atomic mass is 9.99. The van der Waals surface area contributed by atoms with Gasteiger partial charge in [0, 0.05) is 22.3 Å². The van der Waals surface area contributed by atoms with E-state index in [2.05, 4.69) is 4.98 Å². The van der Waals surface area contributed by atoms with Crippen molar-refractivity contribution >= 4 is 45.1 Å². The van der Waals surface area contributed by atoms with Crippen LogP contribution in [-0.4, -0.2) is 23.0 Å². The van der Waals surface area contributed by atoms with E-state index in [0.29, 0.717) is 39.4 Å². The summed E-state index contributed by atoms with van der Waals surface area (Å²) in [6.45, 7) is 1.59. The second-order valence-electron chi connectivity index (χ2n) is 9.09. The van der Waals surface area contributed by atoms with Crippen molar-refractivity contribution in [1.29, 1.82) is 0 Å². The highest BCUT2D eigenvalue weighted by molar-refractivity contribution is 6.11. The van der Waals surface area contributed by atoms with Crippen LogP contribution in [0.5, 0.6) is 0 Å². The molecule has 6 nitrogen and oxygen atoms in total. The molecule has 1 amide bonds. The van der Waals surface area contributed by atoms with Crippen LogP contribution in [0.25, 0.3) is 33.3 Å². The molecule has 0 radical (unpaired) electrons. The number of nitrogens with zero attached hydrogens (tertiary/aromatic N) is 2. The van der Waals surface area contributed by atoms with E-state index < -0.39 is 12.1 Å². The minimum atomic E-state index is -1.05. The number of amides is 1. The summed E-state index contributed by atoms with van der Waals surface area (Å²) in [5, 5.41) is 1.48. The Kier molecular flexibility index (Phi) is 6.35. The average molecular weight is 513 g/mol. The van der Waals surface area contributed by atoms with Gasteiger partial charge >= 0.3 is 5.97 Å². The Morgan fingerprint density at radius 2 is 1.36 bits per heavy atom. The number of carbonyl (C=O) groups is 2. The van der Waals surface area contributed by atoms with Gasteiger partial charge in [-0.2, -0.15) is 0 Å². The molecular weight excluding hydrogens is 488 g/mol. The van der Waals surface area contributed by atoms with Gasteiger partial charge in [-0.05, 0) is 60.8 Å². The number of fused-ring (bicyclic) bond motifs is 2. The molecule has 190 valence electrons. The number of oxazole rings is 1. The van der Waals surface area contributed by atoms with Crippen LogP contribution >= 0.6 is 0 Å². The average Bonchev–Trinajstić information content (AvgIpc) is 3.42. The minimum Gasteiger partial charge on any atom is -0.449 e. The van der Waals surface area contributed by atoms with Crippen molar-refractivity contribution in [3.8, 4) is 11.5 Å². The van der Waals surface area contributed by atoms with Crippen LogP contribution < -0.4 is 4.90 Å².